The number of benzene rings is 1. The van der Waals surface area contributed by atoms with Gasteiger partial charge in [0.25, 0.3) is 11.8 Å². The van der Waals surface area contributed by atoms with Gasteiger partial charge >= 0.3 is 5.97 Å². The van der Waals surface area contributed by atoms with Crippen LogP contribution < -0.4 is 10.2 Å². The number of carboxylic acid groups (broad SMARTS) is 1. The van der Waals surface area contributed by atoms with Gasteiger partial charge in [-0.15, -0.1) is 11.3 Å². The van der Waals surface area contributed by atoms with Gasteiger partial charge in [0.05, 0.1) is 11.3 Å². The van der Waals surface area contributed by atoms with Gasteiger partial charge in [0.2, 0.25) is 0 Å². The van der Waals surface area contributed by atoms with Crippen molar-refractivity contribution in [2.24, 2.45) is 0 Å². The van der Waals surface area contributed by atoms with Crippen LogP contribution in [-0.4, -0.2) is 32.6 Å². The summed E-state index contributed by atoms with van der Waals surface area (Å²) in [6, 6.07) is 10.0. The molecule has 0 unspecified atom stereocenters. The number of carbonyl (C=O) groups is 3. The molecule has 1 aliphatic heterocycles. The highest BCUT2D eigenvalue weighted by atomic mass is 35.5. The Kier molecular flexibility index (Phi) is 5.85. The summed E-state index contributed by atoms with van der Waals surface area (Å²) in [6.07, 6.45) is 6.78. The summed E-state index contributed by atoms with van der Waals surface area (Å²) in [5.41, 5.74) is 2.06. The fourth-order valence-electron chi connectivity index (χ4n) is 4.27. The molecule has 2 aromatic heterocycles. The fourth-order valence-corrected chi connectivity index (χ4v) is 6.06. The molecule has 172 valence electrons. The van der Waals surface area contributed by atoms with E-state index < -0.39 is 17.8 Å². The Morgan fingerprint density at radius 2 is 1.88 bits per heavy atom. The Hall–Kier alpha value is -3.27. The number of carbonyl (C=O) groups excluding carboxylic acids is 2. The second kappa shape index (κ2) is 8.83. The van der Waals surface area contributed by atoms with Gasteiger partial charge in [0.15, 0.2) is 5.11 Å². The Labute approximate surface area is 209 Å². The Balaban J connectivity index is 1.58. The first kappa shape index (κ1) is 22.5. The molecule has 2 aliphatic rings. The van der Waals surface area contributed by atoms with Gasteiger partial charge in [-0.3, -0.25) is 19.8 Å². The second-order valence-corrected chi connectivity index (χ2v) is 9.84. The minimum absolute atomic E-state index is 0.0241. The zero-order valence-corrected chi connectivity index (χ0v) is 20.1. The van der Waals surface area contributed by atoms with Crippen molar-refractivity contribution >= 4 is 69.8 Å². The summed E-state index contributed by atoms with van der Waals surface area (Å²) >= 11 is 12.6. The number of thiocarbonyl (C=S) groups is 1. The first-order chi connectivity index (χ1) is 16.3. The molecule has 3 heterocycles. The lowest BCUT2D eigenvalue weighted by Gasteiger charge is -2.29. The van der Waals surface area contributed by atoms with Crippen molar-refractivity contribution in [2.75, 3.05) is 4.90 Å². The largest absolute Gasteiger partial charge is 0.478 e. The molecule has 3 aromatic rings. The van der Waals surface area contributed by atoms with Gasteiger partial charge in [-0.2, -0.15) is 0 Å². The quantitative estimate of drug-likeness (QED) is 0.303. The predicted molar refractivity (Wildman–Crippen MR) is 135 cm³/mol. The van der Waals surface area contributed by atoms with Crippen molar-refractivity contribution < 1.29 is 19.5 Å². The van der Waals surface area contributed by atoms with Crippen LogP contribution in [0.15, 0.2) is 48.2 Å². The van der Waals surface area contributed by atoms with E-state index in [2.05, 4.69) is 5.32 Å². The number of nitrogens with one attached hydrogen (secondary N) is 1. The van der Waals surface area contributed by atoms with Crippen LogP contribution in [0.2, 0.25) is 5.02 Å². The molecule has 1 aliphatic carbocycles. The van der Waals surface area contributed by atoms with Gasteiger partial charge in [-0.05, 0) is 85.9 Å². The highest BCUT2D eigenvalue weighted by Crippen LogP contribution is 2.38. The monoisotopic (exact) mass is 511 g/mol. The SMILES string of the molecule is O=C1NC(=S)N(c2ccc(Cl)cc2)C(=O)C1=Cc1cccn1-c1sc2c(c1C(=O)O)CCCC2. The van der Waals surface area contributed by atoms with Crippen LogP contribution in [0, 0.1) is 0 Å². The molecule has 34 heavy (non-hydrogen) atoms. The minimum Gasteiger partial charge on any atom is -0.478 e. The predicted octanol–water partition coefficient (Wildman–Crippen LogP) is 4.60. The van der Waals surface area contributed by atoms with E-state index in [1.807, 2.05) is 0 Å². The number of hydrogen-bond acceptors (Lipinski definition) is 5. The molecule has 2 amide bonds. The summed E-state index contributed by atoms with van der Waals surface area (Å²) in [7, 11) is 0. The number of fused-ring (bicyclic) bond motifs is 1. The lowest BCUT2D eigenvalue weighted by atomic mass is 9.95. The number of aromatic nitrogens is 1. The van der Waals surface area contributed by atoms with Crippen molar-refractivity contribution in [3.05, 3.63) is 74.9 Å². The van der Waals surface area contributed by atoms with E-state index in [0.29, 0.717) is 27.0 Å². The third-order valence-electron chi connectivity index (χ3n) is 5.84. The minimum atomic E-state index is -0.979. The lowest BCUT2D eigenvalue weighted by Crippen LogP contribution is -2.54. The Morgan fingerprint density at radius 3 is 2.62 bits per heavy atom. The standard InChI is InChI=1S/C24H18ClN3O4S2/c25-13-7-9-14(10-8-13)28-21(30)17(20(29)26-24(28)33)12-15-4-3-11-27(15)22-19(23(31)32)16-5-1-2-6-18(16)34-22/h3-4,7-12H,1-2,5-6H2,(H,31,32)(H,26,29,33). The Morgan fingerprint density at radius 1 is 1.15 bits per heavy atom. The van der Waals surface area contributed by atoms with E-state index in [9.17, 15) is 19.5 Å². The van der Waals surface area contributed by atoms with Gasteiger partial charge in [-0.25, -0.2) is 4.79 Å². The Bertz CT molecular complexity index is 1390. The van der Waals surface area contributed by atoms with Gasteiger partial charge in [-0.1, -0.05) is 11.6 Å². The number of hydrogen-bond donors (Lipinski definition) is 2. The van der Waals surface area contributed by atoms with Crippen LogP contribution in [-0.2, 0) is 22.4 Å². The van der Waals surface area contributed by atoms with Crippen LogP contribution in [0.4, 0.5) is 5.69 Å². The molecule has 0 spiro atoms. The van der Waals surface area contributed by atoms with E-state index in [-0.39, 0.29) is 10.7 Å². The summed E-state index contributed by atoms with van der Waals surface area (Å²) in [4.78, 5) is 40.5. The van der Waals surface area contributed by atoms with E-state index in [0.717, 1.165) is 36.1 Å². The number of halogens is 1. The van der Waals surface area contributed by atoms with Crippen molar-refractivity contribution in [2.45, 2.75) is 25.7 Å². The molecule has 0 radical (unpaired) electrons. The van der Waals surface area contributed by atoms with Gasteiger partial charge in [0.1, 0.15) is 10.6 Å². The molecule has 7 nitrogen and oxygen atoms in total. The first-order valence-corrected chi connectivity index (χ1v) is 12.2. The van der Waals surface area contributed by atoms with E-state index in [4.69, 9.17) is 23.8 Å². The fraction of sp³-hybridized carbons (Fsp3) is 0.167. The van der Waals surface area contributed by atoms with Crippen molar-refractivity contribution in [1.29, 1.82) is 0 Å². The molecule has 2 N–H and O–H groups in total. The highest BCUT2D eigenvalue weighted by Gasteiger charge is 2.35. The molecular formula is C24H18ClN3O4S2. The van der Waals surface area contributed by atoms with Crippen LogP contribution in [0.1, 0.15) is 39.3 Å². The summed E-state index contributed by atoms with van der Waals surface area (Å²) in [6.45, 7) is 0. The maximum atomic E-state index is 13.3. The molecule has 0 bridgehead atoms. The smallest absolute Gasteiger partial charge is 0.339 e. The number of aryl methyl sites for hydroxylation is 1. The van der Waals surface area contributed by atoms with Crippen LogP contribution in [0.3, 0.4) is 0 Å². The number of thiophene rings is 1. The summed E-state index contributed by atoms with van der Waals surface area (Å²) in [5, 5.41) is 13.6. The third-order valence-corrected chi connectivity index (χ3v) is 7.67. The van der Waals surface area contributed by atoms with Crippen molar-refractivity contribution in [3.63, 3.8) is 0 Å². The first-order valence-electron chi connectivity index (χ1n) is 10.6. The zero-order chi connectivity index (χ0) is 24.0. The zero-order valence-electron chi connectivity index (χ0n) is 17.7. The third kappa shape index (κ3) is 3.85. The summed E-state index contributed by atoms with van der Waals surface area (Å²) < 4.78 is 1.72. The van der Waals surface area contributed by atoms with E-state index >= 15 is 0 Å². The lowest BCUT2D eigenvalue weighted by molar-refractivity contribution is -0.122. The van der Waals surface area contributed by atoms with Gasteiger partial charge in [0, 0.05) is 21.8 Å². The molecule has 0 atom stereocenters. The van der Waals surface area contributed by atoms with Gasteiger partial charge < -0.3 is 9.67 Å². The average Bonchev–Trinajstić information content (AvgIpc) is 3.41. The van der Waals surface area contributed by atoms with Crippen LogP contribution in [0.25, 0.3) is 11.1 Å². The van der Waals surface area contributed by atoms with Crippen LogP contribution >= 0.6 is 35.2 Å². The highest BCUT2D eigenvalue weighted by molar-refractivity contribution is 7.80. The molecule has 1 fully saturated rings. The molecular weight excluding hydrogens is 494 g/mol. The molecule has 1 saturated heterocycles. The molecule has 10 heteroatoms. The topological polar surface area (TPSA) is 91.6 Å². The molecule has 5 rings (SSSR count). The van der Waals surface area contributed by atoms with Crippen molar-refractivity contribution in [3.8, 4) is 5.00 Å². The number of anilines is 1. The van der Waals surface area contributed by atoms with Crippen molar-refractivity contribution in [1.82, 2.24) is 9.88 Å². The van der Waals surface area contributed by atoms with Crippen LogP contribution in [0.5, 0.6) is 0 Å². The number of aromatic carboxylic acids is 1. The van der Waals surface area contributed by atoms with E-state index in [1.54, 1.807) is 47.2 Å². The molecule has 1 aromatic carbocycles. The maximum absolute atomic E-state index is 13.3. The average molecular weight is 512 g/mol. The van der Waals surface area contributed by atoms with E-state index in [1.165, 1.54) is 22.3 Å². The number of carboxylic acids is 1. The number of amides is 2. The normalized spacial score (nSPS) is 17.1. The number of rotatable bonds is 4. The molecule has 0 saturated carbocycles. The number of nitrogens with zero attached hydrogens (tertiary/aromatic N) is 2. The second-order valence-electron chi connectivity index (χ2n) is 7.93. The summed E-state index contributed by atoms with van der Waals surface area (Å²) in [5.74, 6) is -2.17. The maximum Gasteiger partial charge on any atom is 0.339 e.